The molecule has 8 heteroatoms. The van der Waals surface area contributed by atoms with Crippen LogP contribution in [0.2, 0.25) is 0 Å². The molecule has 1 fully saturated rings. The molecule has 7 nitrogen and oxygen atoms in total. The van der Waals surface area contributed by atoms with E-state index in [1.54, 1.807) is 12.1 Å². The molecule has 0 bridgehead atoms. The van der Waals surface area contributed by atoms with E-state index in [-0.39, 0.29) is 11.4 Å². The fourth-order valence-electron chi connectivity index (χ4n) is 3.10. The Labute approximate surface area is 153 Å². The second-order valence-electron chi connectivity index (χ2n) is 6.03. The van der Waals surface area contributed by atoms with Crippen molar-refractivity contribution >= 4 is 29.0 Å². The van der Waals surface area contributed by atoms with E-state index in [4.69, 9.17) is 9.57 Å². The number of amides is 2. The second-order valence-corrected chi connectivity index (χ2v) is 6.03. The van der Waals surface area contributed by atoms with Crippen molar-refractivity contribution in [1.82, 2.24) is 0 Å². The van der Waals surface area contributed by atoms with Gasteiger partial charge in [-0.25, -0.2) is 9.29 Å². The molecule has 136 valence electrons. The first-order valence-corrected chi connectivity index (χ1v) is 8.07. The normalized spacial score (nSPS) is 21.0. The van der Waals surface area contributed by atoms with Gasteiger partial charge in [0.25, 0.3) is 5.91 Å². The van der Waals surface area contributed by atoms with E-state index in [1.807, 2.05) is 0 Å². The minimum absolute atomic E-state index is 0.131. The van der Waals surface area contributed by atoms with E-state index < -0.39 is 35.4 Å². The Kier molecular flexibility index (Phi) is 3.95. The molecule has 2 atom stereocenters. The van der Waals surface area contributed by atoms with Crippen LogP contribution in [-0.4, -0.2) is 36.5 Å². The van der Waals surface area contributed by atoms with Gasteiger partial charge in [0.1, 0.15) is 23.2 Å². The number of hydrogen-bond acceptors (Lipinski definition) is 6. The number of fused-ring (bicyclic) bond motifs is 1. The zero-order valence-corrected chi connectivity index (χ0v) is 14.1. The number of carbonyl (C=O) groups is 3. The van der Waals surface area contributed by atoms with Crippen molar-refractivity contribution in [1.29, 1.82) is 0 Å². The van der Waals surface area contributed by atoms with E-state index in [2.05, 4.69) is 5.16 Å². The van der Waals surface area contributed by atoms with Crippen LogP contribution in [0.3, 0.4) is 0 Å². The van der Waals surface area contributed by atoms with E-state index in [9.17, 15) is 18.8 Å². The molecule has 4 rings (SSSR count). The molecule has 2 aliphatic heterocycles. The largest absolute Gasteiger partial charge is 0.497 e. The Morgan fingerprint density at radius 2 is 1.74 bits per heavy atom. The molecule has 0 N–H and O–H groups in total. The summed E-state index contributed by atoms with van der Waals surface area (Å²) < 4.78 is 18.2. The van der Waals surface area contributed by atoms with Gasteiger partial charge in [-0.2, -0.15) is 0 Å². The zero-order valence-electron chi connectivity index (χ0n) is 14.1. The fourth-order valence-corrected chi connectivity index (χ4v) is 3.10. The number of Topliss-reactive ketones (excluding diaryl/α,β-unsaturated/α-hetero) is 1. The predicted molar refractivity (Wildman–Crippen MR) is 92.0 cm³/mol. The lowest BCUT2D eigenvalue weighted by molar-refractivity contribution is -0.126. The Balaban J connectivity index is 1.63. The van der Waals surface area contributed by atoms with Crippen molar-refractivity contribution < 1.29 is 28.3 Å². The van der Waals surface area contributed by atoms with Crippen LogP contribution in [0, 0.1) is 11.7 Å². The van der Waals surface area contributed by atoms with E-state index in [0.717, 1.165) is 17.0 Å². The molecule has 0 saturated carbocycles. The maximum atomic E-state index is 13.1. The van der Waals surface area contributed by atoms with Crippen molar-refractivity contribution in [3.63, 3.8) is 0 Å². The lowest BCUT2D eigenvalue weighted by Crippen LogP contribution is -2.34. The number of carbonyl (C=O) groups excluding carboxylic acids is 3. The van der Waals surface area contributed by atoms with Crippen LogP contribution in [0.4, 0.5) is 10.1 Å². The number of oxime groups is 1. The van der Waals surface area contributed by atoms with Crippen LogP contribution in [0.1, 0.15) is 10.4 Å². The van der Waals surface area contributed by atoms with Crippen molar-refractivity contribution in [3.05, 3.63) is 59.9 Å². The molecular weight excluding hydrogens is 355 g/mol. The predicted octanol–water partition coefficient (Wildman–Crippen LogP) is 1.96. The first-order valence-electron chi connectivity index (χ1n) is 8.07. The van der Waals surface area contributed by atoms with E-state index in [1.165, 1.54) is 31.4 Å². The van der Waals surface area contributed by atoms with Gasteiger partial charge < -0.3 is 9.57 Å². The van der Waals surface area contributed by atoms with Gasteiger partial charge in [-0.05, 0) is 48.5 Å². The number of benzene rings is 2. The number of imide groups is 1. The van der Waals surface area contributed by atoms with Crippen LogP contribution >= 0.6 is 0 Å². The molecule has 0 aliphatic carbocycles. The Hall–Kier alpha value is -3.55. The third-order valence-electron chi connectivity index (χ3n) is 4.48. The highest BCUT2D eigenvalue weighted by molar-refractivity contribution is 6.52. The molecule has 2 amide bonds. The van der Waals surface area contributed by atoms with Crippen LogP contribution < -0.4 is 9.64 Å². The summed E-state index contributed by atoms with van der Waals surface area (Å²) >= 11 is 0. The third kappa shape index (κ3) is 2.66. The van der Waals surface area contributed by atoms with Crippen molar-refractivity contribution in [2.75, 3.05) is 12.0 Å². The van der Waals surface area contributed by atoms with E-state index >= 15 is 0 Å². The maximum Gasteiger partial charge on any atom is 0.278 e. The van der Waals surface area contributed by atoms with Crippen LogP contribution in [-0.2, 0) is 14.4 Å². The first kappa shape index (κ1) is 16.9. The minimum atomic E-state index is -1.19. The van der Waals surface area contributed by atoms with Crippen molar-refractivity contribution in [2.45, 2.75) is 6.10 Å². The van der Waals surface area contributed by atoms with Gasteiger partial charge in [0.15, 0.2) is 0 Å². The SMILES string of the molecule is COc1ccc(C(=O)C2=NO[C@H]3C(=O)N(c4ccc(F)cc4)C(=O)[C@@H]23)cc1. The Morgan fingerprint density at radius 3 is 2.37 bits per heavy atom. The number of ketones is 1. The Morgan fingerprint density at radius 1 is 1.07 bits per heavy atom. The lowest BCUT2D eigenvalue weighted by atomic mass is 9.93. The third-order valence-corrected chi connectivity index (χ3v) is 4.48. The minimum Gasteiger partial charge on any atom is -0.497 e. The molecule has 0 radical (unpaired) electrons. The topological polar surface area (TPSA) is 85.3 Å². The number of anilines is 1. The zero-order chi connectivity index (χ0) is 19.1. The van der Waals surface area contributed by atoms with Gasteiger partial charge in [0.05, 0.1) is 12.8 Å². The Bertz CT molecular complexity index is 969. The van der Waals surface area contributed by atoms with Gasteiger partial charge in [-0.15, -0.1) is 0 Å². The highest BCUT2D eigenvalue weighted by Crippen LogP contribution is 2.34. The molecule has 1 saturated heterocycles. The monoisotopic (exact) mass is 368 g/mol. The van der Waals surface area contributed by atoms with Crippen LogP contribution in [0.25, 0.3) is 0 Å². The number of hydrogen-bond donors (Lipinski definition) is 0. The number of rotatable bonds is 4. The molecule has 2 heterocycles. The average Bonchev–Trinajstić information content (AvgIpc) is 3.23. The van der Waals surface area contributed by atoms with Crippen molar-refractivity contribution in [2.24, 2.45) is 11.1 Å². The summed E-state index contributed by atoms with van der Waals surface area (Å²) in [5.41, 5.74) is 0.369. The van der Waals surface area contributed by atoms with Crippen LogP contribution in [0.15, 0.2) is 53.7 Å². The van der Waals surface area contributed by atoms with Crippen LogP contribution in [0.5, 0.6) is 5.75 Å². The molecular formula is C19H13FN2O5. The molecule has 0 unspecified atom stereocenters. The van der Waals surface area contributed by atoms with Gasteiger partial charge in [-0.3, -0.25) is 14.4 Å². The maximum absolute atomic E-state index is 13.1. The smallest absolute Gasteiger partial charge is 0.278 e. The summed E-state index contributed by atoms with van der Waals surface area (Å²) in [5.74, 6) is -2.83. The highest BCUT2D eigenvalue weighted by atomic mass is 19.1. The quantitative estimate of drug-likeness (QED) is 0.608. The molecule has 2 aliphatic rings. The van der Waals surface area contributed by atoms with Gasteiger partial charge in [0, 0.05) is 5.56 Å². The second kappa shape index (κ2) is 6.31. The van der Waals surface area contributed by atoms with Gasteiger partial charge >= 0.3 is 0 Å². The van der Waals surface area contributed by atoms with Gasteiger partial charge in [0.2, 0.25) is 17.8 Å². The summed E-state index contributed by atoms with van der Waals surface area (Å²) in [6, 6.07) is 11.2. The molecule has 27 heavy (non-hydrogen) atoms. The summed E-state index contributed by atoms with van der Waals surface area (Å²) in [6.45, 7) is 0. The number of methoxy groups -OCH3 is 1. The lowest BCUT2D eigenvalue weighted by Gasteiger charge is -2.15. The highest BCUT2D eigenvalue weighted by Gasteiger charge is 2.57. The first-order chi connectivity index (χ1) is 13.0. The van der Waals surface area contributed by atoms with E-state index in [0.29, 0.717) is 11.3 Å². The van der Waals surface area contributed by atoms with Gasteiger partial charge in [-0.1, -0.05) is 5.16 Å². The van der Waals surface area contributed by atoms with Crippen molar-refractivity contribution in [3.8, 4) is 5.75 Å². The molecule has 2 aromatic carbocycles. The number of nitrogens with zero attached hydrogens (tertiary/aromatic N) is 2. The number of halogens is 1. The standard InChI is InChI=1S/C19H13FN2O5/c1-26-13-8-2-10(3-9-13)16(23)15-14-17(27-21-15)19(25)22(18(14)24)12-6-4-11(20)5-7-12/h2-9,14,17H,1H3/t14-,17+/m0/s1. The summed E-state index contributed by atoms with van der Waals surface area (Å²) in [6.07, 6.45) is -1.19. The summed E-state index contributed by atoms with van der Waals surface area (Å²) in [7, 11) is 1.50. The molecule has 0 aromatic heterocycles. The summed E-state index contributed by atoms with van der Waals surface area (Å²) in [5, 5.41) is 3.69. The molecule has 0 spiro atoms. The molecule has 2 aromatic rings. The average molecular weight is 368 g/mol. The summed E-state index contributed by atoms with van der Waals surface area (Å²) in [4.78, 5) is 44.1. The number of ether oxygens (including phenoxy) is 1. The fraction of sp³-hybridized carbons (Fsp3) is 0.158.